The number of likely N-dealkylation sites (tertiary alicyclic amines) is 1. The SMILES string of the molecule is CC(C)CCCC(C)N1CC(C(N)=O)CC1=O. The molecular weight excluding hydrogens is 216 g/mol. The van der Waals surface area contributed by atoms with Crippen molar-refractivity contribution < 1.29 is 9.59 Å². The lowest BCUT2D eigenvalue weighted by molar-refractivity contribution is -0.130. The van der Waals surface area contributed by atoms with E-state index in [1.807, 2.05) is 4.90 Å². The van der Waals surface area contributed by atoms with E-state index in [1.165, 1.54) is 6.42 Å². The fourth-order valence-electron chi connectivity index (χ4n) is 2.33. The topological polar surface area (TPSA) is 63.4 Å². The molecule has 17 heavy (non-hydrogen) atoms. The number of carbonyl (C=O) groups is 2. The molecular formula is C13H24N2O2. The van der Waals surface area contributed by atoms with Gasteiger partial charge >= 0.3 is 0 Å². The molecule has 2 unspecified atom stereocenters. The summed E-state index contributed by atoms with van der Waals surface area (Å²) in [5.41, 5.74) is 5.24. The molecule has 4 nitrogen and oxygen atoms in total. The van der Waals surface area contributed by atoms with Gasteiger partial charge in [0.15, 0.2) is 0 Å². The minimum absolute atomic E-state index is 0.0749. The number of rotatable bonds is 6. The molecule has 1 saturated heterocycles. The molecule has 4 heteroatoms. The summed E-state index contributed by atoms with van der Waals surface area (Å²) in [5, 5.41) is 0. The predicted molar refractivity (Wildman–Crippen MR) is 67.2 cm³/mol. The van der Waals surface area contributed by atoms with Crippen molar-refractivity contribution in [2.75, 3.05) is 6.54 Å². The fourth-order valence-corrected chi connectivity index (χ4v) is 2.33. The van der Waals surface area contributed by atoms with E-state index < -0.39 is 0 Å². The van der Waals surface area contributed by atoms with Crippen LogP contribution in [-0.4, -0.2) is 29.3 Å². The number of amides is 2. The number of nitrogens with two attached hydrogens (primary N) is 1. The molecule has 1 fully saturated rings. The van der Waals surface area contributed by atoms with Crippen LogP contribution in [0.3, 0.4) is 0 Å². The maximum atomic E-state index is 11.7. The first kappa shape index (κ1) is 14.0. The van der Waals surface area contributed by atoms with E-state index >= 15 is 0 Å². The number of nitrogens with zero attached hydrogens (tertiary/aromatic N) is 1. The fraction of sp³-hybridized carbons (Fsp3) is 0.846. The number of primary amides is 1. The zero-order valence-corrected chi connectivity index (χ0v) is 11.1. The van der Waals surface area contributed by atoms with Crippen molar-refractivity contribution in [2.45, 2.75) is 52.5 Å². The summed E-state index contributed by atoms with van der Waals surface area (Å²) in [6, 6.07) is 0.227. The van der Waals surface area contributed by atoms with Gasteiger partial charge in [-0.15, -0.1) is 0 Å². The van der Waals surface area contributed by atoms with Crippen molar-refractivity contribution in [3.63, 3.8) is 0 Å². The Kier molecular flexibility index (Phi) is 4.97. The van der Waals surface area contributed by atoms with E-state index in [0.29, 0.717) is 18.9 Å². The van der Waals surface area contributed by atoms with Crippen LogP contribution in [-0.2, 0) is 9.59 Å². The third-order valence-corrected chi connectivity index (χ3v) is 3.50. The van der Waals surface area contributed by atoms with Gasteiger partial charge in [0.2, 0.25) is 11.8 Å². The molecule has 0 spiro atoms. The lowest BCUT2D eigenvalue weighted by Crippen LogP contribution is -2.35. The van der Waals surface area contributed by atoms with Crippen LogP contribution < -0.4 is 5.73 Å². The predicted octanol–water partition coefficient (Wildman–Crippen LogP) is 1.53. The van der Waals surface area contributed by atoms with Crippen LogP contribution in [0, 0.1) is 11.8 Å². The molecule has 1 aliphatic rings. The summed E-state index contributed by atoms with van der Waals surface area (Å²) in [7, 11) is 0. The van der Waals surface area contributed by atoms with E-state index in [9.17, 15) is 9.59 Å². The van der Waals surface area contributed by atoms with Gasteiger partial charge < -0.3 is 10.6 Å². The van der Waals surface area contributed by atoms with Gasteiger partial charge in [0, 0.05) is 19.0 Å². The van der Waals surface area contributed by atoms with Crippen molar-refractivity contribution >= 4 is 11.8 Å². The van der Waals surface area contributed by atoms with Crippen LogP contribution in [0.15, 0.2) is 0 Å². The highest BCUT2D eigenvalue weighted by Gasteiger charge is 2.35. The summed E-state index contributed by atoms with van der Waals surface area (Å²) >= 11 is 0. The maximum Gasteiger partial charge on any atom is 0.223 e. The van der Waals surface area contributed by atoms with Crippen LogP contribution in [0.25, 0.3) is 0 Å². The van der Waals surface area contributed by atoms with Gasteiger partial charge in [0.1, 0.15) is 0 Å². The molecule has 0 aromatic rings. The Morgan fingerprint density at radius 1 is 1.41 bits per heavy atom. The molecule has 2 amide bonds. The molecule has 0 saturated carbocycles. The zero-order valence-electron chi connectivity index (χ0n) is 11.1. The van der Waals surface area contributed by atoms with Crippen LogP contribution >= 0.6 is 0 Å². The first-order valence-corrected chi connectivity index (χ1v) is 6.50. The molecule has 2 atom stereocenters. The number of carbonyl (C=O) groups excluding carboxylic acids is 2. The van der Waals surface area contributed by atoms with Gasteiger partial charge in [-0.2, -0.15) is 0 Å². The van der Waals surface area contributed by atoms with Gasteiger partial charge in [-0.3, -0.25) is 9.59 Å². The van der Waals surface area contributed by atoms with Crippen LogP contribution in [0.2, 0.25) is 0 Å². The number of hydrogen-bond acceptors (Lipinski definition) is 2. The summed E-state index contributed by atoms with van der Waals surface area (Å²) < 4.78 is 0. The Hall–Kier alpha value is -1.06. The second kappa shape index (κ2) is 6.03. The Balaban J connectivity index is 2.39. The molecule has 1 heterocycles. The molecule has 1 rings (SSSR count). The molecule has 0 radical (unpaired) electrons. The third-order valence-electron chi connectivity index (χ3n) is 3.50. The molecule has 0 bridgehead atoms. The summed E-state index contributed by atoms with van der Waals surface area (Å²) in [5.74, 6) is 0.144. The largest absolute Gasteiger partial charge is 0.369 e. The summed E-state index contributed by atoms with van der Waals surface area (Å²) in [4.78, 5) is 24.6. The van der Waals surface area contributed by atoms with Crippen LogP contribution in [0.4, 0.5) is 0 Å². The van der Waals surface area contributed by atoms with E-state index in [-0.39, 0.29) is 23.8 Å². The molecule has 0 aromatic carbocycles. The lowest BCUT2D eigenvalue weighted by atomic mass is 10.0. The van der Waals surface area contributed by atoms with Crippen LogP contribution in [0.5, 0.6) is 0 Å². The molecule has 98 valence electrons. The Bertz CT molecular complexity index is 289. The third kappa shape index (κ3) is 4.02. The normalized spacial score (nSPS) is 22.2. The minimum atomic E-state index is -0.352. The highest BCUT2D eigenvalue weighted by atomic mass is 16.2. The first-order chi connectivity index (χ1) is 7.91. The average Bonchev–Trinajstić information content (AvgIpc) is 2.59. The van der Waals surface area contributed by atoms with Gasteiger partial charge in [-0.25, -0.2) is 0 Å². The van der Waals surface area contributed by atoms with Crippen LogP contribution in [0.1, 0.15) is 46.5 Å². The maximum absolute atomic E-state index is 11.7. The molecule has 0 aliphatic carbocycles. The smallest absolute Gasteiger partial charge is 0.223 e. The van der Waals surface area contributed by atoms with Gasteiger partial charge in [0.05, 0.1) is 5.92 Å². The molecule has 1 aliphatic heterocycles. The van der Waals surface area contributed by atoms with Crippen molar-refractivity contribution in [1.82, 2.24) is 4.90 Å². The minimum Gasteiger partial charge on any atom is -0.369 e. The number of hydrogen-bond donors (Lipinski definition) is 1. The van der Waals surface area contributed by atoms with Gasteiger partial charge in [-0.1, -0.05) is 26.7 Å². The van der Waals surface area contributed by atoms with Gasteiger partial charge in [-0.05, 0) is 19.3 Å². The highest BCUT2D eigenvalue weighted by molar-refractivity contribution is 5.88. The molecule has 0 aromatic heterocycles. The van der Waals surface area contributed by atoms with Crippen molar-refractivity contribution in [3.05, 3.63) is 0 Å². The van der Waals surface area contributed by atoms with E-state index in [1.54, 1.807) is 0 Å². The Morgan fingerprint density at radius 3 is 2.53 bits per heavy atom. The van der Waals surface area contributed by atoms with Crippen molar-refractivity contribution in [1.29, 1.82) is 0 Å². The van der Waals surface area contributed by atoms with Crippen molar-refractivity contribution in [2.24, 2.45) is 17.6 Å². The van der Waals surface area contributed by atoms with Gasteiger partial charge in [0.25, 0.3) is 0 Å². The first-order valence-electron chi connectivity index (χ1n) is 6.50. The standard InChI is InChI=1S/C13H24N2O2/c1-9(2)5-4-6-10(3)15-8-11(13(14)17)7-12(15)16/h9-11H,4-8H2,1-3H3,(H2,14,17). The lowest BCUT2D eigenvalue weighted by Gasteiger charge is -2.24. The Labute approximate surface area is 104 Å². The summed E-state index contributed by atoms with van der Waals surface area (Å²) in [6.07, 6.45) is 3.62. The quantitative estimate of drug-likeness (QED) is 0.765. The monoisotopic (exact) mass is 240 g/mol. The highest BCUT2D eigenvalue weighted by Crippen LogP contribution is 2.22. The summed E-state index contributed by atoms with van der Waals surface area (Å²) in [6.45, 7) is 6.97. The van der Waals surface area contributed by atoms with E-state index in [0.717, 1.165) is 12.8 Å². The zero-order chi connectivity index (χ0) is 13.0. The Morgan fingerprint density at radius 2 is 2.06 bits per heavy atom. The molecule has 2 N–H and O–H groups in total. The second-order valence-electron chi connectivity index (χ2n) is 5.52. The average molecular weight is 240 g/mol. The van der Waals surface area contributed by atoms with Crippen molar-refractivity contribution in [3.8, 4) is 0 Å². The van der Waals surface area contributed by atoms with E-state index in [2.05, 4.69) is 20.8 Å². The van der Waals surface area contributed by atoms with E-state index in [4.69, 9.17) is 5.73 Å². The second-order valence-corrected chi connectivity index (χ2v) is 5.52.